The van der Waals surface area contributed by atoms with Crippen LogP contribution in [0.4, 0.5) is 0 Å². The maximum absolute atomic E-state index is 5.60. The first-order valence-corrected chi connectivity index (χ1v) is 5.49. The van der Waals surface area contributed by atoms with Gasteiger partial charge in [-0.05, 0) is 12.0 Å². The van der Waals surface area contributed by atoms with Gasteiger partial charge in [0.25, 0.3) is 0 Å². The van der Waals surface area contributed by atoms with Crippen LogP contribution in [0.15, 0.2) is 36.4 Å². The Balaban J connectivity index is 1.79. The lowest BCUT2D eigenvalue weighted by molar-refractivity contribution is 0.0310. The van der Waals surface area contributed by atoms with Crippen LogP contribution in [0.3, 0.4) is 0 Å². The number of hydrogen-bond donors (Lipinski definition) is 1. The molecule has 0 spiro atoms. The van der Waals surface area contributed by atoms with Crippen LogP contribution in [-0.2, 0) is 4.74 Å². The maximum atomic E-state index is 5.60. The third kappa shape index (κ3) is 3.50. The molecule has 1 N–H and O–H groups in total. The average molecular weight is 203 g/mol. The second kappa shape index (κ2) is 5.69. The van der Waals surface area contributed by atoms with E-state index in [1.165, 1.54) is 5.56 Å². The number of morpholine rings is 1. The normalized spacial score (nSPS) is 22.0. The molecule has 15 heavy (non-hydrogen) atoms. The predicted molar refractivity (Wildman–Crippen MR) is 62.7 cm³/mol. The minimum atomic E-state index is 0.346. The van der Waals surface area contributed by atoms with Gasteiger partial charge in [-0.1, -0.05) is 42.5 Å². The van der Waals surface area contributed by atoms with Gasteiger partial charge in [-0.3, -0.25) is 0 Å². The molecule has 1 unspecified atom stereocenters. The van der Waals surface area contributed by atoms with Gasteiger partial charge >= 0.3 is 0 Å². The first kappa shape index (κ1) is 10.4. The molecular weight excluding hydrogens is 186 g/mol. The van der Waals surface area contributed by atoms with Gasteiger partial charge in [-0.15, -0.1) is 0 Å². The van der Waals surface area contributed by atoms with E-state index in [-0.39, 0.29) is 0 Å². The minimum Gasteiger partial charge on any atom is -0.375 e. The number of benzene rings is 1. The van der Waals surface area contributed by atoms with E-state index in [4.69, 9.17) is 4.74 Å². The largest absolute Gasteiger partial charge is 0.375 e. The number of ether oxygens (including phenoxy) is 1. The minimum absolute atomic E-state index is 0.346. The predicted octanol–water partition coefficient (Wildman–Crippen LogP) is 2.08. The van der Waals surface area contributed by atoms with Crippen LogP contribution in [0.2, 0.25) is 0 Å². The molecule has 1 fully saturated rings. The van der Waals surface area contributed by atoms with Crippen LogP contribution in [0.5, 0.6) is 0 Å². The van der Waals surface area contributed by atoms with Crippen molar-refractivity contribution in [3.63, 3.8) is 0 Å². The second-order valence-corrected chi connectivity index (χ2v) is 3.75. The topological polar surface area (TPSA) is 21.3 Å². The van der Waals surface area contributed by atoms with Gasteiger partial charge in [0.1, 0.15) is 0 Å². The highest BCUT2D eigenvalue weighted by Crippen LogP contribution is 2.06. The molecule has 0 aliphatic carbocycles. The second-order valence-electron chi connectivity index (χ2n) is 3.75. The molecule has 1 aromatic rings. The average Bonchev–Trinajstić information content (AvgIpc) is 2.32. The highest BCUT2D eigenvalue weighted by molar-refractivity contribution is 5.48. The fraction of sp³-hybridized carbons (Fsp3) is 0.385. The molecule has 2 heteroatoms. The SMILES string of the molecule is C(=C\c1ccccc1)/CC1CNCCO1. The lowest BCUT2D eigenvalue weighted by Gasteiger charge is -2.22. The van der Waals surface area contributed by atoms with Crippen LogP contribution in [0.1, 0.15) is 12.0 Å². The fourth-order valence-corrected chi connectivity index (χ4v) is 1.69. The van der Waals surface area contributed by atoms with Gasteiger partial charge in [-0.2, -0.15) is 0 Å². The molecule has 1 saturated heterocycles. The van der Waals surface area contributed by atoms with Gasteiger partial charge < -0.3 is 10.1 Å². The van der Waals surface area contributed by atoms with E-state index in [1.807, 2.05) is 6.07 Å². The Bertz CT molecular complexity index is 302. The van der Waals surface area contributed by atoms with E-state index in [2.05, 4.69) is 41.7 Å². The molecule has 0 amide bonds. The summed E-state index contributed by atoms with van der Waals surface area (Å²) in [5.41, 5.74) is 1.25. The van der Waals surface area contributed by atoms with Crippen molar-refractivity contribution in [3.05, 3.63) is 42.0 Å². The van der Waals surface area contributed by atoms with Crippen molar-refractivity contribution in [2.24, 2.45) is 0 Å². The molecule has 2 nitrogen and oxygen atoms in total. The van der Waals surface area contributed by atoms with Gasteiger partial charge in [0.05, 0.1) is 12.7 Å². The third-order valence-corrected chi connectivity index (χ3v) is 2.51. The van der Waals surface area contributed by atoms with Crippen molar-refractivity contribution in [1.29, 1.82) is 0 Å². The van der Waals surface area contributed by atoms with Crippen molar-refractivity contribution >= 4 is 6.08 Å². The fourth-order valence-electron chi connectivity index (χ4n) is 1.69. The summed E-state index contributed by atoms with van der Waals surface area (Å²) in [6, 6.07) is 10.4. The molecule has 1 heterocycles. The van der Waals surface area contributed by atoms with E-state index in [0.717, 1.165) is 26.1 Å². The summed E-state index contributed by atoms with van der Waals surface area (Å²) < 4.78 is 5.60. The molecule has 2 rings (SSSR count). The van der Waals surface area contributed by atoms with E-state index < -0.39 is 0 Å². The quantitative estimate of drug-likeness (QED) is 0.812. The van der Waals surface area contributed by atoms with E-state index in [0.29, 0.717) is 6.10 Å². The molecule has 1 aromatic carbocycles. The lowest BCUT2D eigenvalue weighted by atomic mass is 10.1. The standard InChI is InChI=1S/C13H17NO/c1-2-5-12(6-3-1)7-4-8-13-11-14-9-10-15-13/h1-7,13-14H,8-11H2/b7-4+. The zero-order valence-corrected chi connectivity index (χ0v) is 8.86. The monoisotopic (exact) mass is 203 g/mol. The zero-order valence-electron chi connectivity index (χ0n) is 8.86. The number of rotatable bonds is 3. The highest BCUT2D eigenvalue weighted by atomic mass is 16.5. The molecule has 0 aromatic heterocycles. The Morgan fingerprint density at radius 3 is 2.93 bits per heavy atom. The van der Waals surface area contributed by atoms with Crippen molar-refractivity contribution in [2.45, 2.75) is 12.5 Å². The number of hydrogen-bond acceptors (Lipinski definition) is 2. The van der Waals surface area contributed by atoms with Crippen molar-refractivity contribution in [2.75, 3.05) is 19.7 Å². The summed E-state index contributed by atoms with van der Waals surface area (Å²) >= 11 is 0. The molecule has 1 atom stereocenters. The van der Waals surface area contributed by atoms with Gasteiger partial charge in [0.2, 0.25) is 0 Å². The smallest absolute Gasteiger partial charge is 0.0734 e. The molecule has 0 radical (unpaired) electrons. The molecule has 1 aliphatic heterocycles. The Morgan fingerprint density at radius 2 is 2.20 bits per heavy atom. The first-order valence-electron chi connectivity index (χ1n) is 5.49. The summed E-state index contributed by atoms with van der Waals surface area (Å²) in [7, 11) is 0. The maximum Gasteiger partial charge on any atom is 0.0734 e. The van der Waals surface area contributed by atoms with E-state index >= 15 is 0 Å². The molecule has 0 bridgehead atoms. The van der Waals surface area contributed by atoms with Crippen LogP contribution in [0.25, 0.3) is 6.08 Å². The zero-order chi connectivity index (χ0) is 10.3. The Labute approximate surface area is 91.0 Å². The summed E-state index contributed by atoms with van der Waals surface area (Å²) in [6.45, 7) is 2.79. The van der Waals surface area contributed by atoms with Crippen molar-refractivity contribution in [1.82, 2.24) is 5.32 Å². The van der Waals surface area contributed by atoms with Crippen LogP contribution in [0, 0.1) is 0 Å². The van der Waals surface area contributed by atoms with Crippen LogP contribution < -0.4 is 5.32 Å². The summed E-state index contributed by atoms with van der Waals surface area (Å²) in [5, 5.41) is 3.32. The van der Waals surface area contributed by atoms with Gasteiger partial charge in [0, 0.05) is 13.1 Å². The molecule has 80 valence electrons. The van der Waals surface area contributed by atoms with Gasteiger partial charge in [-0.25, -0.2) is 0 Å². The van der Waals surface area contributed by atoms with Crippen LogP contribution in [-0.4, -0.2) is 25.8 Å². The lowest BCUT2D eigenvalue weighted by Crippen LogP contribution is -2.38. The van der Waals surface area contributed by atoms with Gasteiger partial charge in [0.15, 0.2) is 0 Å². The Morgan fingerprint density at radius 1 is 1.33 bits per heavy atom. The van der Waals surface area contributed by atoms with Crippen molar-refractivity contribution < 1.29 is 4.74 Å². The Hall–Kier alpha value is -1.12. The summed E-state index contributed by atoms with van der Waals surface area (Å²) in [4.78, 5) is 0. The first-order chi connectivity index (χ1) is 7.45. The summed E-state index contributed by atoms with van der Waals surface area (Å²) in [5.74, 6) is 0. The van der Waals surface area contributed by atoms with Crippen LogP contribution >= 0.6 is 0 Å². The van der Waals surface area contributed by atoms with E-state index in [1.54, 1.807) is 0 Å². The molecule has 0 saturated carbocycles. The van der Waals surface area contributed by atoms with Crippen molar-refractivity contribution in [3.8, 4) is 0 Å². The summed E-state index contributed by atoms with van der Waals surface area (Å²) in [6.07, 6.45) is 5.67. The highest BCUT2D eigenvalue weighted by Gasteiger charge is 2.10. The Kier molecular flexibility index (Phi) is 3.94. The number of nitrogens with one attached hydrogen (secondary N) is 1. The molecule has 1 aliphatic rings. The molecular formula is C13H17NO. The third-order valence-electron chi connectivity index (χ3n) is 2.51. The van der Waals surface area contributed by atoms with E-state index in [9.17, 15) is 0 Å².